The van der Waals surface area contributed by atoms with Gasteiger partial charge in [-0.3, -0.25) is 9.69 Å². The van der Waals surface area contributed by atoms with Crippen LogP contribution in [0.1, 0.15) is 52.2 Å². The number of benzene rings is 2. The monoisotopic (exact) mass is 364 g/mol. The van der Waals surface area contributed by atoms with Crippen LogP contribution < -0.4 is 5.32 Å². The number of nitrogens with zero attached hydrogens (tertiary/aromatic N) is 1. The summed E-state index contributed by atoms with van der Waals surface area (Å²) in [4.78, 5) is 15.1. The first-order valence-electron chi connectivity index (χ1n) is 10.00. The lowest BCUT2D eigenvalue weighted by atomic mass is 9.80. The highest BCUT2D eigenvalue weighted by Gasteiger charge is 2.19. The van der Waals surface area contributed by atoms with Crippen molar-refractivity contribution in [3.8, 4) is 0 Å². The average Bonchev–Trinajstić information content (AvgIpc) is 2.64. The first-order chi connectivity index (χ1) is 13.2. The zero-order valence-corrected chi connectivity index (χ0v) is 16.0. The molecule has 1 saturated heterocycles. The molecule has 2 aromatic carbocycles. The van der Waals surface area contributed by atoms with Gasteiger partial charge in [-0.05, 0) is 60.6 Å². The second-order valence-corrected chi connectivity index (χ2v) is 7.74. The molecule has 0 aromatic heterocycles. The predicted octanol–water partition coefficient (Wildman–Crippen LogP) is 4.35. The molecular weight excluding hydrogens is 336 g/mol. The molecule has 1 aliphatic carbocycles. The van der Waals surface area contributed by atoms with Gasteiger partial charge in [-0.2, -0.15) is 0 Å². The summed E-state index contributed by atoms with van der Waals surface area (Å²) >= 11 is 0. The van der Waals surface area contributed by atoms with Crippen LogP contribution >= 0.6 is 0 Å². The van der Waals surface area contributed by atoms with Crippen LogP contribution in [-0.4, -0.2) is 37.1 Å². The lowest BCUT2D eigenvalue weighted by Gasteiger charge is -2.26. The number of ether oxygens (including phenoxy) is 1. The maximum absolute atomic E-state index is 12.7. The molecule has 142 valence electrons. The van der Waals surface area contributed by atoms with E-state index < -0.39 is 0 Å². The highest BCUT2D eigenvalue weighted by atomic mass is 16.5. The van der Waals surface area contributed by atoms with Gasteiger partial charge < -0.3 is 10.1 Å². The highest BCUT2D eigenvalue weighted by molar-refractivity contribution is 6.04. The number of amides is 1. The molecule has 0 radical (unpaired) electrons. The minimum atomic E-state index is -0.0400. The molecule has 4 heteroatoms. The quantitative estimate of drug-likeness (QED) is 0.858. The van der Waals surface area contributed by atoms with Gasteiger partial charge in [0.25, 0.3) is 5.91 Å². The Kier molecular flexibility index (Phi) is 5.55. The molecule has 0 atom stereocenters. The third-order valence-electron chi connectivity index (χ3n) is 5.81. The molecule has 1 aliphatic heterocycles. The largest absolute Gasteiger partial charge is 0.379 e. The lowest BCUT2D eigenvalue weighted by Crippen LogP contribution is -2.35. The maximum atomic E-state index is 12.7. The third kappa shape index (κ3) is 4.40. The molecule has 2 aliphatic rings. The fourth-order valence-corrected chi connectivity index (χ4v) is 3.76. The Morgan fingerprint density at radius 1 is 1.11 bits per heavy atom. The number of aryl methyl sites for hydroxylation is 1. The summed E-state index contributed by atoms with van der Waals surface area (Å²) in [6.07, 6.45) is 3.88. The topological polar surface area (TPSA) is 41.6 Å². The van der Waals surface area contributed by atoms with Crippen LogP contribution in [-0.2, 0) is 11.3 Å². The molecule has 0 bridgehead atoms. The standard InChI is InChI=1S/C23H28N2O2/c1-17-5-6-18(16-25-11-13-27-14-12-25)15-22(17)24-23(26)21-9-7-20(8-10-21)19-3-2-4-19/h5-10,15,19H,2-4,11-14,16H2,1H3,(H,24,26). The number of anilines is 1. The van der Waals surface area contributed by atoms with Gasteiger partial charge in [0.15, 0.2) is 0 Å². The summed E-state index contributed by atoms with van der Waals surface area (Å²) in [7, 11) is 0. The van der Waals surface area contributed by atoms with Crippen molar-refractivity contribution in [2.75, 3.05) is 31.6 Å². The maximum Gasteiger partial charge on any atom is 0.255 e. The number of rotatable bonds is 5. The Bertz CT molecular complexity index is 791. The minimum Gasteiger partial charge on any atom is -0.379 e. The number of nitrogens with one attached hydrogen (secondary N) is 1. The van der Waals surface area contributed by atoms with Crippen LogP contribution in [0.2, 0.25) is 0 Å². The van der Waals surface area contributed by atoms with Gasteiger partial charge in [-0.15, -0.1) is 0 Å². The van der Waals surface area contributed by atoms with E-state index >= 15 is 0 Å². The van der Waals surface area contributed by atoms with Crippen molar-refractivity contribution in [1.29, 1.82) is 0 Å². The van der Waals surface area contributed by atoms with E-state index in [1.807, 2.05) is 19.1 Å². The number of morpholine rings is 1. The number of hydrogen-bond acceptors (Lipinski definition) is 3. The molecule has 1 heterocycles. The normalized spacial score (nSPS) is 18.1. The molecule has 27 heavy (non-hydrogen) atoms. The molecule has 1 N–H and O–H groups in total. The average molecular weight is 364 g/mol. The summed E-state index contributed by atoms with van der Waals surface area (Å²) in [6.45, 7) is 6.45. The summed E-state index contributed by atoms with van der Waals surface area (Å²) < 4.78 is 5.42. The fourth-order valence-electron chi connectivity index (χ4n) is 3.76. The summed E-state index contributed by atoms with van der Waals surface area (Å²) in [6, 6.07) is 14.5. The predicted molar refractivity (Wildman–Crippen MR) is 108 cm³/mol. The highest BCUT2D eigenvalue weighted by Crippen LogP contribution is 2.36. The number of hydrogen-bond donors (Lipinski definition) is 1. The summed E-state index contributed by atoms with van der Waals surface area (Å²) in [5.74, 6) is 0.656. The molecule has 2 fully saturated rings. The van der Waals surface area contributed by atoms with Crippen molar-refractivity contribution in [3.63, 3.8) is 0 Å². The van der Waals surface area contributed by atoms with Crippen LogP contribution in [0.5, 0.6) is 0 Å². The van der Waals surface area contributed by atoms with Gasteiger partial charge in [0.1, 0.15) is 0 Å². The molecule has 0 spiro atoms. The van der Waals surface area contributed by atoms with E-state index in [0.717, 1.165) is 49.7 Å². The Balaban J connectivity index is 1.42. The second-order valence-electron chi connectivity index (χ2n) is 7.74. The SMILES string of the molecule is Cc1ccc(CN2CCOCC2)cc1NC(=O)c1ccc(C2CCC2)cc1. The summed E-state index contributed by atoms with van der Waals surface area (Å²) in [5, 5.41) is 3.10. The third-order valence-corrected chi connectivity index (χ3v) is 5.81. The van der Waals surface area contributed by atoms with Crippen LogP contribution in [0.25, 0.3) is 0 Å². The van der Waals surface area contributed by atoms with Gasteiger partial charge in [0, 0.05) is 30.9 Å². The van der Waals surface area contributed by atoms with Gasteiger partial charge in [0.2, 0.25) is 0 Å². The zero-order valence-electron chi connectivity index (χ0n) is 16.0. The van der Waals surface area contributed by atoms with E-state index in [9.17, 15) is 4.79 Å². The van der Waals surface area contributed by atoms with E-state index in [1.54, 1.807) is 0 Å². The van der Waals surface area contributed by atoms with Crippen molar-refractivity contribution < 1.29 is 9.53 Å². The minimum absolute atomic E-state index is 0.0400. The molecule has 4 nitrogen and oxygen atoms in total. The van der Waals surface area contributed by atoms with Crippen LogP contribution in [0.15, 0.2) is 42.5 Å². The molecule has 0 unspecified atom stereocenters. The second kappa shape index (κ2) is 8.24. The van der Waals surface area contributed by atoms with Crippen molar-refractivity contribution in [1.82, 2.24) is 4.90 Å². The van der Waals surface area contributed by atoms with Crippen LogP contribution in [0.3, 0.4) is 0 Å². The van der Waals surface area contributed by atoms with E-state index in [-0.39, 0.29) is 5.91 Å². The van der Waals surface area contributed by atoms with Crippen molar-refractivity contribution >= 4 is 11.6 Å². The molecule has 1 saturated carbocycles. The van der Waals surface area contributed by atoms with Gasteiger partial charge >= 0.3 is 0 Å². The van der Waals surface area contributed by atoms with Crippen molar-refractivity contribution in [2.24, 2.45) is 0 Å². The fraction of sp³-hybridized carbons (Fsp3) is 0.435. The zero-order chi connectivity index (χ0) is 18.6. The van der Waals surface area contributed by atoms with Gasteiger partial charge in [0.05, 0.1) is 13.2 Å². The molecule has 1 amide bonds. The van der Waals surface area contributed by atoms with E-state index in [2.05, 4.69) is 40.5 Å². The Morgan fingerprint density at radius 2 is 1.85 bits per heavy atom. The molecule has 4 rings (SSSR count). The van der Waals surface area contributed by atoms with Crippen molar-refractivity contribution in [2.45, 2.75) is 38.6 Å². The lowest BCUT2D eigenvalue weighted by molar-refractivity contribution is 0.0342. The van der Waals surface area contributed by atoms with Crippen LogP contribution in [0.4, 0.5) is 5.69 Å². The van der Waals surface area contributed by atoms with Gasteiger partial charge in [-0.25, -0.2) is 0 Å². The molecular formula is C23H28N2O2. The first kappa shape index (κ1) is 18.2. The Labute approximate surface area is 161 Å². The number of carbonyl (C=O) groups excluding carboxylic acids is 1. The Hall–Kier alpha value is -2.17. The first-order valence-corrected chi connectivity index (χ1v) is 10.00. The number of carbonyl (C=O) groups is 1. The van der Waals surface area contributed by atoms with E-state index in [0.29, 0.717) is 5.92 Å². The molecule has 2 aromatic rings. The van der Waals surface area contributed by atoms with Crippen LogP contribution in [0, 0.1) is 6.92 Å². The Morgan fingerprint density at radius 3 is 2.52 bits per heavy atom. The van der Waals surface area contributed by atoms with Crippen molar-refractivity contribution in [3.05, 3.63) is 64.7 Å². The van der Waals surface area contributed by atoms with E-state index in [4.69, 9.17) is 4.74 Å². The van der Waals surface area contributed by atoms with E-state index in [1.165, 1.54) is 30.4 Å². The summed E-state index contributed by atoms with van der Waals surface area (Å²) in [5.41, 5.74) is 5.28. The van der Waals surface area contributed by atoms with Gasteiger partial charge in [-0.1, -0.05) is 30.7 Å². The smallest absolute Gasteiger partial charge is 0.255 e.